The van der Waals surface area contributed by atoms with Gasteiger partial charge in [0.1, 0.15) is 12.4 Å². The van der Waals surface area contributed by atoms with Crippen LogP contribution in [0.4, 0.5) is 0 Å². The Bertz CT molecular complexity index is 341. The van der Waals surface area contributed by atoms with E-state index in [4.69, 9.17) is 9.84 Å². The van der Waals surface area contributed by atoms with Crippen molar-refractivity contribution in [3.63, 3.8) is 0 Å². The Morgan fingerprint density at radius 1 is 1.40 bits per heavy atom. The fourth-order valence-corrected chi connectivity index (χ4v) is 1.12. The number of hydrogen-bond donors (Lipinski definition) is 1. The van der Waals surface area contributed by atoms with Crippen LogP contribution < -0.4 is 0 Å². The first-order chi connectivity index (χ1) is 7.27. The van der Waals surface area contributed by atoms with Crippen molar-refractivity contribution < 1.29 is 14.6 Å². The van der Waals surface area contributed by atoms with Gasteiger partial charge in [-0.2, -0.15) is 0 Å². The van der Waals surface area contributed by atoms with Crippen LogP contribution in [0.1, 0.15) is 23.7 Å². The van der Waals surface area contributed by atoms with Gasteiger partial charge in [-0.05, 0) is 24.6 Å². The summed E-state index contributed by atoms with van der Waals surface area (Å²) in [5.41, 5.74) is 0.480. The Labute approximate surface area is 89.0 Å². The second kappa shape index (κ2) is 5.98. The van der Waals surface area contributed by atoms with Crippen LogP contribution in [0.5, 0.6) is 0 Å². The van der Waals surface area contributed by atoms with E-state index in [1.165, 1.54) is 0 Å². The van der Waals surface area contributed by atoms with E-state index in [2.05, 4.69) is 0 Å². The van der Waals surface area contributed by atoms with Crippen LogP contribution in [-0.2, 0) is 4.74 Å². The maximum Gasteiger partial charge on any atom is 0.343 e. The summed E-state index contributed by atoms with van der Waals surface area (Å²) in [7, 11) is 0. The van der Waals surface area contributed by atoms with Crippen LogP contribution in [0, 0.1) is 0 Å². The molecule has 0 saturated carbocycles. The molecule has 1 aromatic carbocycles. The molecule has 0 bridgehead atoms. The summed E-state index contributed by atoms with van der Waals surface area (Å²) in [5, 5.41) is 8.91. The number of hydrogen-bond acceptors (Lipinski definition) is 3. The molecule has 0 spiro atoms. The van der Waals surface area contributed by atoms with Gasteiger partial charge < -0.3 is 9.84 Å². The summed E-state index contributed by atoms with van der Waals surface area (Å²) in [6.07, 6.45) is 2.40. The van der Waals surface area contributed by atoms with Gasteiger partial charge in [-0.15, -0.1) is 0 Å². The zero-order valence-electron chi connectivity index (χ0n) is 8.64. The predicted molar refractivity (Wildman–Crippen MR) is 57.3 cm³/mol. The van der Waals surface area contributed by atoms with Gasteiger partial charge in [0, 0.05) is 0 Å². The molecule has 0 unspecified atom stereocenters. The lowest BCUT2D eigenvalue weighted by molar-refractivity contribution is 0.0581. The monoisotopic (exact) mass is 206 g/mol. The molecule has 1 N–H and O–H groups in total. The molecule has 0 amide bonds. The molecule has 15 heavy (non-hydrogen) atoms. The zero-order valence-corrected chi connectivity index (χ0v) is 8.64. The second-order valence-corrected chi connectivity index (χ2v) is 2.99. The second-order valence-electron chi connectivity index (χ2n) is 2.99. The number of aliphatic hydroxyl groups excluding tert-OH is 1. The molecule has 3 heteroatoms. The third-order valence-electron chi connectivity index (χ3n) is 1.82. The summed E-state index contributed by atoms with van der Waals surface area (Å²) in [6.45, 7) is 1.65. The maximum absolute atomic E-state index is 11.5. The number of carbonyl (C=O) groups is 1. The minimum Gasteiger partial charge on any atom is -0.425 e. The molecule has 0 fully saturated rings. The van der Waals surface area contributed by atoms with E-state index in [0.717, 1.165) is 6.42 Å². The SMILES string of the molecule is CCC=C(CO)OC(=O)c1ccccc1. The van der Waals surface area contributed by atoms with Gasteiger partial charge >= 0.3 is 5.97 Å². The van der Waals surface area contributed by atoms with E-state index in [0.29, 0.717) is 11.3 Å². The minimum atomic E-state index is -0.440. The van der Waals surface area contributed by atoms with Crippen molar-refractivity contribution in [3.8, 4) is 0 Å². The van der Waals surface area contributed by atoms with Crippen molar-refractivity contribution in [3.05, 3.63) is 47.7 Å². The van der Waals surface area contributed by atoms with Crippen LogP contribution in [0.2, 0.25) is 0 Å². The average molecular weight is 206 g/mol. The third-order valence-corrected chi connectivity index (χ3v) is 1.82. The van der Waals surface area contributed by atoms with Crippen LogP contribution in [-0.4, -0.2) is 17.7 Å². The predicted octanol–water partition coefficient (Wildman–Crippen LogP) is 2.13. The molecule has 0 aromatic heterocycles. The van der Waals surface area contributed by atoms with Crippen molar-refractivity contribution in [2.24, 2.45) is 0 Å². The highest BCUT2D eigenvalue weighted by molar-refractivity contribution is 5.89. The summed E-state index contributed by atoms with van der Waals surface area (Å²) in [6, 6.07) is 8.69. The first kappa shape index (κ1) is 11.5. The topological polar surface area (TPSA) is 46.5 Å². The van der Waals surface area contributed by atoms with Gasteiger partial charge in [-0.1, -0.05) is 25.1 Å². The van der Waals surface area contributed by atoms with Crippen molar-refractivity contribution in [2.45, 2.75) is 13.3 Å². The van der Waals surface area contributed by atoms with E-state index in [9.17, 15) is 4.79 Å². The molecule has 0 atom stereocenters. The molecule has 3 nitrogen and oxygen atoms in total. The van der Waals surface area contributed by atoms with E-state index >= 15 is 0 Å². The number of ether oxygens (including phenoxy) is 1. The molecule has 80 valence electrons. The normalized spacial score (nSPS) is 11.2. The van der Waals surface area contributed by atoms with Crippen molar-refractivity contribution in [1.82, 2.24) is 0 Å². The minimum absolute atomic E-state index is 0.258. The van der Waals surface area contributed by atoms with Gasteiger partial charge in [0.15, 0.2) is 0 Å². The van der Waals surface area contributed by atoms with Gasteiger partial charge in [-0.25, -0.2) is 4.79 Å². The molecule has 0 heterocycles. The number of allylic oxidation sites excluding steroid dienone is 1. The van der Waals surface area contributed by atoms with Crippen LogP contribution in [0.25, 0.3) is 0 Å². The van der Waals surface area contributed by atoms with Crippen molar-refractivity contribution in [2.75, 3.05) is 6.61 Å². The number of rotatable bonds is 4. The first-order valence-corrected chi connectivity index (χ1v) is 4.85. The molecule has 1 aromatic rings. The van der Waals surface area contributed by atoms with Crippen LogP contribution >= 0.6 is 0 Å². The number of esters is 1. The quantitative estimate of drug-likeness (QED) is 0.606. The molecule has 0 saturated heterocycles. The van der Waals surface area contributed by atoms with E-state index in [1.54, 1.807) is 30.3 Å². The van der Waals surface area contributed by atoms with Crippen LogP contribution in [0.15, 0.2) is 42.2 Å². The van der Waals surface area contributed by atoms with Gasteiger partial charge in [0.25, 0.3) is 0 Å². The van der Waals surface area contributed by atoms with Crippen molar-refractivity contribution >= 4 is 5.97 Å². The fourth-order valence-electron chi connectivity index (χ4n) is 1.12. The summed E-state index contributed by atoms with van der Waals surface area (Å²) in [4.78, 5) is 11.5. The highest BCUT2D eigenvalue weighted by Crippen LogP contribution is 2.06. The Morgan fingerprint density at radius 2 is 2.07 bits per heavy atom. The van der Waals surface area contributed by atoms with Crippen LogP contribution in [0.3, 0.4) is 0 Å². The molecular weight excluding hydrogens is 192 g/mol. The summed E-state index contributed by atoms with van der Waals surface area (Å²) in [5.74, 6) is -0.143. The highest BCUT2D eigenvalue weighted by Gasteiger charge is 2.08. The van der Waals surface area contributed by atoms with E-state index < -0.39 is 5.97 Å². The van der Waals surface area contributed by atoms with Gasteiger partial charge in [0.05, 0.1) is 5.56 Å². The Kier molecular flexibility index (Phi) is 4.57. The fraction of sp³-hybridized carbons (Fsp3) is 0.250. The Morgan fingerprint density at radius 3 is 2.60 bits per heavy atom. The lowest BCUT2D eigenvalue weighted by Crippen LogP contribution is -2.07. The highest BCUT2D eigenvalue weighted by atomic mass is 16.5. The smallest absolute Gasteiger partial charge is 0.343 e. The largest absolute Gasteiger partial charge is 0.425 e. The van der Waals surface area contributed by atoms with Gasteiger partial charge in [0.2, 0.25) is 0 Å². The first-order valence-electron chi connectivity index (χ1n) is 4.85. The number of benzene rings is 1. The number of carbonyl (C=O) groups excluding carboxylic acids is 1. The molecule has 0 radical (unpaired) electrons. The molecule has 1 rings (SSSR count). The number of aliphatic hydroxyl groups is 1. The zero-order chi connectivity index (χ0) is 11.1. The lowest BCUT2D eigenvalue weighted by atomic mass is 10.2. The standard InChI is InChI=1S/C12H14O3/c1-2-6-11(9-13)15-12(14)10-7-4-3-5-8-10/h3-8,13H,2,9H2,1H3. The summed E-state index contributed by atoms with van der Waals surface area (Å²) >= 11 is 0. The average Bonchev–Trinajstić information content (AvgIpc) is 2.29. The summed E-state index contributed by atoms with van der Waals surface area (Å²) < 4.78 is 5.00. The molecule has 0 aliphatic rings. The molecular formula is C12H14O3. The Balaban J connectivity index is 2.67. The third kappa shape index (κ3) is 3.56. The Hall–Kier alpha value is -1.61. The maximum atomic E-state index is 11.5. The lowest BCUT2D eigenvalue weighted by Gasteiger charge is -2.05. The molecule has 0 aliphatic carbocycles. The van der Waals surface area contributed by atoms with E-state index in [1.807, 2.05) is 13.0 Å². The van der Waals surface area contributed by atoms with Crippen molar-refractivity contribution in [1.29, 1.82) is 0 Å². The van der Waals surface area contributed by atoms with Gasteiger partial charge in [-0.3, -0.25) is 0 Å². The van der Waals surface area contributed by atoms with E-state index in [-0.39, 0.29) is 6.61 Å². The molecule has 0 aliphatic heterocycles.